The van der Waals surface area contributed by atoms with Crippen molar-refractivity contribution in [2.75, 3.05) is 36.8 Å². The number of nitrogens with zero attached hydrogens (tertiary/aromatic N) is 4. The SMILES string of the molecule is N#Cc1c(-c2ccccc2)nc(SCCC(=O)N2CCN(c3ccccc3)CC2)[nH]c1=O. The van der Waals surface area contributed by atoms with Crippen LogP contribution in [0.25, 0.3) is 11.3 Å². The molecule has 1 fully saturated rings. The van der Waals surface area contributed by atoms with E-state index in [1.54, 1.807) is 0 Å². The molecule has 0 aliphatic carbocycles. The van der Waals surface area contributed by atoms with Crippen LogP contribution in [0.15, 0.2) is 70.6 Å². The lowest BCUT2D eigenvalue weighted by molar-refractivity contribution is -0.131. The largest absolute Gasteiger partial charge is 0.368 e. The predicted molar refractivity (Wildman–Crippen MR) is 126 cm³/mol. The molecule has 0 saturated carbocycles. The zero-order chi connectivity index (χ0) is 22.3. The van der Waals surface area contributed by atoms with Gasteiger partial charge >= 0.3 is 0 Å². The molecule has 1 aliphatic rings. The van der Waals surface area contributed by atoms with Gasteiger partial charge in [-0.3, -0.25) is 9.59 Å². The molecule has 8 heteroatoms. The number of nitriles is 1. The third-order valence-corrected chi connectivity index (χ3v) is 6.24. The number of para-hydroxylation sites is 1. The van der Waals surface area contributed by atoms with Crippen molar-refractivity contribution < 1.29 is 4.79 Å². The van der Waals surface area contributed by atoms with E-state index in [2.05, 4.69) is 27.0 Å². The highest BCUT2D eigenvalue weighted by molar-refractivity contribution is 7.99. The Balaban J connectivity index is 1.34. The minimum absolute atomic E-state index is 0.00656. The first-order valence-electron chi connectivity index (χ1n) is 10.5. The molecule has 4 rings (SSSR count). The van der Waals surface area contributed by atoms with Crippen molar-refractivity contribution in [1.29, 1.82) is 5.26 Å². The fourth-order valence-corrected chi connectivity index (χ4v) is 4.47. The molecule has 32 heavy (non-hydrogen) atoms. The van der Waals surface area contributed by atoms with E-state index >= 15 is 0 Å². The molecular weight excluding hydrogens is 422 g/mol. The number of rotatable bonds is 6. The first kappa shape index (κ1) is 21.7. The maximum Gasteiger partial charge on any atom is 0.270 e. The summed E-state index contributed by atoms with van der Waals surface area (Å²) in [6.45, 7) is 3.02. The van der Waals surface area contributed by atoms with Gasteiger partial charge in [-0.2, -0.15) is 5.26 Å². The number of carbonyl (C=O) groups is 1. The maximum atomic E-state index is 12.6. The van der Waals surface area contributed by atoms with Crippen LogP contribution in [0.1, 0.15) is 12.0 Å². The van der Waals surface area contributed by atoms with Gasteiger partial charge in [0.15, 0.2) is 5.16 Å². The Labute approximate surface area is 190 Å². The quantitative estimate of drug-likeness (QED) is 0.463. The molecule has 1 saturated heterocycles. The number of amides is 1. The third-order valence-electron chi connectivity index (χ3n) is 5.37. The van der Waals surface area contributed by atoms with Crippen LogP contribution in [0.4, 0.5) is 5.69 Å². The Morgan fingerprint density at radius 3 is 2.34 bits per heavy atom. The summed E-state index contributed by atoms with van der Waals surface area (Å²) in [4.78, 5) is 36.3. The molecule has 162 valence electrons. The first-order chi connectivity index (χ1) is 15.7. The lowest BCUT2D eigenvalue weighted by Crippen LogP contribution is -2.48. The summed E-state index contributed by atoms with van der Waals surface area (Å²) in [5, 5.41) is 9.78. The van der Waals surface area contributed by atoms with Crippen LogP contribution in [0.2, 0.25) is 0 Å². The number of piperazine rings is 1. The first-order valence-corrected chi connectivity index (χ1v) is 11.4. The molecule has 2 aromatic carbocycles. The molecule has 2 heterocycles. The number of hydrogen-bond acceptors (Lipinski definition) is 6. The highest BCUT2D eigenvalue weighted by Gasteiger charge is 2.21. The van der Waals surface area contributed by atoms with Crippen LogP contribution in [0.3, 0.4) is 0 Å². The number of hydrogen-bond donors (Lipinski definition) is 1. The van der Waals surface area contributed by atoms with Crippen molar-refractivity contribution in [1.82, 2.24) is 14.9 Å². The van der Waals surface area contributed by atoms with Gasteiger partial charge in [0.25, 0.3) is 5.56 Å². The summed E-state index contributed by atoms with van der Waals surface area (Å²) in [5.41, 5.74) is 1.78. The van der Waals surface area contributed by atoms with E-state index in [1.807, 2.05) is 59.5 Å². The molecule has 1 amide bonds. The molecule has 3 aromatic rings. The number of benzene rings is 2. The Kier molecular flexibility index (Phi) is 6.87. The molecule has 0 unspecified atom stereocenters. The standard InChI is InChI=1S/C24H23N5O2S/c25-17-20-22(18-7-3-1-4-8-18)26-24(27-23(20)31)32-16-11-21(30)29-14-12-28(13-15-29)19-9-5-2-6-10-19/h1-10H,11-16H2,(H,26,27,31). The van der Waals surface area contributed by atoms with Crippen LogP contribution in [0.5, 0.6) is 0 Å². The number of aromatic amines is 1. The molecule has 1 aromatic heterocycles. The molecule has 0 atom stereocenters. The molecule has 7 nitrogen and oxygen atoms in total. The minimum atomic E-state index is -0.466. The average molecular weight is 446 g/mol. The Morgan fingerprint density at radius 1 is 1.03 bits per heavy atom. The van der Waals surface area contributed by atoms with Gasteiger partial charge < -0.3 is 14.8 Å². The van der Waals surface area contributed by atoms with Gasteiger partial charge in [-0.15, -0.1) is 0 Å². The van der Waals surface area contributed by atoms with Crippen molar-refractivity contribution in [3.05, 3.63) is 76.6 Å². The monoisotopic (exact) mass is 445 g/mol. The van der Waals surface area contributed by atoms with Crippen molar-refractivity contribution in [3.8, 4) is 17.3 Å². The second-order valence-corrected chi connectivity index (χ2v) is 8.46. The normalized spacial score (nSPS) is 13.6. The van der Waals surface area contributed by atoms with Crippen LogP contribution in [-0.2, 0) is 4.79 Å². The maximum absolute atomic E-state index is 12.6. The van der Waals surface area contributed by atoms with E-state index in [1.165, 1.54) is 17.4 Å². The average Bonchev–Trinajstić information content (AvgIpc) is 2.85. The lowest BCUT2D eigenvalue weighted by Gasteiger charge is -2.36. The molecule has 0 radical (unpaired) electrons. The van der Waals surface area contributed by atoms with Gasteiger partial charge in [-0.25, -0.2) is 4.98 Å². The van der Waals surface area contributed by atoms with Gasteiger partial charge in [0.2, 0.25) is 5.91 Å². The van der Waals surface area contributed by atoms with Crippen LogP contribution in [-0.4, -0.2) is 52.7 Å². The molecule has 0 bridgehead atoms. The van der Waals surface area contributed by atoms with Gasteiger partial charge in [-0.05, 0) is 12.1 Å². The molecule has 1 N–H and O–H groups in total. The van der Waals surface area contributed by atoms with E-state index in [4.69, 9.17) is 0 Å². The van der Waals surface area contributed by atoms with Gasteiger partial charge in [0.05, 0.1) is 5.69 Å². The second kappa shape index (κ2) is 10.2. The highest BCUT2D eigenvalue weighted by atomic mass is 32.2. The Morgan fingerprint density at radius 2 is 1.69 bits per heavy atom. The summed E-state index contributed by atoms with van der Waals surface area (Å²) in [6.07, 6.45) is 0.361. The number of nitrogens with one attached hydrogen (secondary N) is 1. The molecule has 1 aliphatic heterocycles. The van der Waals surface area contributed by atoms with Crippen molar-refractivity contribution >= 4 is 23.4 Å². The summed E-state index contributed by atoms with van der Waals surface area (Å²) < 4.78 is 0. The van der Waals surface area contributed by atoms with E-state index in [9.17, 15) is 14.9 Å². The van der Waals surface area contributed by atoms with E-state index < -0.39 is 5.56 Å². The number of aromatic nitrogens is 2. The summed E-state index contributed by atoms with van der Waals surface area (Å²) in [5.74, 6) is 0.602. The number of anilines is 1. The van der Waals surface area contributed by atoms with E-state index in [0.717, 1.165) is 13.1 Å². The zero-order valence-corrected chi connectivity index (χ0v) is 18.3. The smallest absolute Gasteiger partial charge is 0.270 e. The van der Waals surface area contributed by atoms with Crippen LogP contribution >= 0.6 is 11.8 Å². The highest BCUT2D eigenvalue weighted by Crippen LogP contribution is 2.22. The summed E-state index contributed by atoms with van der Waals surface area (Å²) >= 11 is 1.32. The van der Waals surface area contributed by atoms with Gasteiger partial charge in [-0.1, -0.05) is 60.3 Å². The third kappa shape index (κ3) is 5.01. The fourth-order valence-electron chi connectivity index (χ4n) is 3.68. The fraction of sp³-hybridized carbons (Fsp3) is 0.250. The summed E-state index contributed by atoms with van der Waals surface area (Å²) in [7, 11) is 0. The minimum Gasteiger partial charge on any atom is -0.368 e. The van der Waals surface area contributed by atoms with Crippen LogP contribution < -0.4 is 10.5 Å². The van der Waals surface area contributed by atoms with Crippen molar-refractivity contribution in [3.63, 3.8) is 0 Å². The predicted octanol–water partition coefficient (Wildman–Crippen LogP) is 3.14. The lowest BCUT2D eigenvalue weighted by atomic mass is 10.1. The number of carbonyl (C=O) groups excluding carboxylic acids is 1. The topological polar surface area (TPSA) is 93.1 Å². The Hall–Kier alpha value is -3.57. The van der Waals surface area contributed by atoms with Gasteiger partial charge in [0, 0.05) is 49.6 Å². The van der Waals surface area contributed by atoms with E-state index in [0.29, 0.717) is 41.7 Å². The zero-order valence-electron chi connectivity index (χ0n) is 17.5. The van der Waals surface area contributed by atoms with Crippen molar-refractivity contribution in [2.24, 2.45) is 0 Å². The van der Waals surface area contributed by atoms with E-state index in [-0.39, 0.29) is 11.5 Å². The second-order valence-electron chi connectivity index (χ2n) is 7.37. The van der Waals surface area contributed by atoms with Gasteiger partial charge in [0.1, 0.15) is 11.6 Å². The molecule has 0 spiro atoms. The number of thioether (sulfide) groups is 1. The Bertz CT molecular complexity index is 1170. The molecular formula is C24H23N5O2S. The van der Waals surface area contributed by atoms with Crippen LogP contribution in [0, 0.1) is 11.3 Å². The number of H-pyrrole nitrogens is 1. The van der Waals surface area contributed by atoms with Crippen molar-refractivity contribution in [2.45, 2.75) is 11.6 Å². The summed E-state index contributed by atoms with van der Waals surface area (Å²) in [6, 6.07) is 21.3.